The minimum Gasteiger partial charge on any atom is -0.460 e. The lowest BCUT2D eigenvalue weighted by molar-refractivity contribution is -0.166. The molecule has 0 saturated heterocycles. The number of nitrogens with one attached hydrogen (secondary N) is 2. The Morgan fingerprint density at radius 1 is 0.786 bits per heavy atom. The van der Waals surface area contributed by atoms with Crippen molar-refractivity contribution in [3.8, 4) is 0 Å². The lowest BCUT2D eigenvalue weighted by Crippen LogP contribution is -2.47. The number of benzene rings is 2. The maximum absolute atomic E-state index is 13.6. The minimum atomic E-state index is -1.19. The van der Waals surface area contributed by atoms with E-state index in [0.29, 0.717) is 23.3 Å². The number of H-pyrrole nitrogens is 1. The predicted molar refractivity (Wildman–Crippen MR) is 214 cm³/mol. The van der Waals surface area contributed by atoms with Crippen molar-refractivity contribution in [1.29, 1.82) is 0 Å². The molecule has 2 N–H and O–H groups in total. The first-order chi connectivity index (χ1) is 25.7. The monoisotopic (exact) mass is 777 g/mol. The summed E-state index contributed by atoms with van der Waals surface area (Å²) in [7, 11) is 3.33. The van der Waals surface area contributed by atoms with E-state index in [1.165, 1.54) is 11.9 Å². The van der Waals surface area contributed by atoms with Gasteiger partial charge in [-0.2, -0.15) is 0 Å². The Bertz CT molecular complexity index is 1970. The van der Waals surface area contributed by atoms with Crippen LogP contribution in [0.4, 0.5) is 5.69 Å². The van der Waals surface area contributed by atoms with Gasteiger partial charge < -0.3 is 34.3 Å². The quantitative estimate of drug-likeness (QED) is 0.152. The van der Waals surface area contributed by atoms with Gasteiger partial charge in [-0.3, -0.25) is 19.2 Å². The number of carbonyl (C=O) groups excluding carboxylic acids is 5. The first-order valence-electron chi connectivity index (χ1n) is 18.8. The van der Waals surface area contributed by atoms with E-state index in [1.807, 2.05) is 31.0 Å². The molecule has 1 heterocycles. The summed E-state index contributed by atoms with van der Waals surface area (Å²) >= 11 is 0. The molecular weight excluding hydrogens is 718 g/mol. The number of rotatable bonds is 14. The number of ether oxygens (including phenoxy) is 3. The molecule has 0 aliphatic carbocycles. The number of hydrogen-bond donors (Lipinski definition) is 2. The van der Waals surface area contributed by atoms with Crippen molar-refractivity contribution >= 4 is 46.3 Å². The van der Waals surface area contributed by atoms with Crippen LogP contribution in [0.3, 0.4) is 0 Å². The summed E-state index contributed by atoms with van der Waals surface area (Å²) in [4.78, 5) is 89.1. The third-order valence-electron chi connectivity index (χ3n) is 8.48. The Morgan fingerprint density at radius 3 is 1.93 bits per heavy atom. The highest BCUT2D eigenvalue weighted by molar-refractivity contribution is 5.97. The van der Waals surface area contributed by atoms with E-state index in [9.17, 15) is 28.8 Å². The van der Waals surface area contributed by atoms with E-state index in [0.717, 1.165) is 16.8 Å². The summed E-state index contributed by atoms with van der Waals surface area (Å²) in [5.74, 6) is -2.43. The number of anilines is 1. The molecular formula is C42H59N5O9. The van der Waals surface area contributed by atoms with Crippen LogP contribution in [0, 0.1) is 13.8 Å². The number of amides is 2. The highest BCUT2D eigenvalue weighted by Gasteiger charge is 2.34. The average molecular weight is 778 g/mol. The van der Waals surface area contributed by atoms with E-state index >= 15 is 0 Å². The van der Waals surface area contributed by atoms with Crippen LogP contribution in [-0.4, -0.2) is 87.6 Å². The van der Waals surface area contributed by atoms with Crippen LogP contribution in [0.1, 0.15) is 115 Å². The molecule has 14 heteroatoms. The fourth-order valence-corrected chi connectivity index (χ4v) is 5.80. The normalized spacial score (nSPS) is 13.0. The number of hydrogen-bond acceptors (Lipinski definition) is 11. The summed E-state index contributed by atoms with van der Waals surface area (Å²) in [6.45, 7) is 19.6. The molecule has 2 aromatic carbocycles. The maximum atomic E-state index is 13.6. The van der Waals surface area contributed by atoms with Crippen molar-refractivity contribution in [1.82, 2.24) is 20.2 Å². The van der Waals surface area contributed by atoms with Gasteiger partial charge in [-0.15, -0.1) is 0 Å². The molecule has 14 nitrogen and oxygen atoms in total. The van der Waals surface area contributed by atoms with Gasteiger partial charge in [0.1, 0.15) is 34.7 Å². The number of likely N-dealkylation sites (N-methyl/N-ethyl adjacent to an activating group) is 1. The summed E-state index contributed by atoms with van der Waals surface area (Å²) in [5.41, 5.74) is 0.999. The van der Waals surface area contributed by atoms with Crippen molar-refractivity contribution < 1.29 is 38.2 Å². The van der Waals surface area contributed by atoms with Gasteiger partial charge in [-0.05, 0) is 137 Å². The highest BCUT2D eigenvalue weighted by atomic mass is 16.6. The molecule has 56 heavy (non-hydrogen) atoms. The zero-order valence-corrected chi connectivity index (χ0v) is 35.2. The lowest BCUT2D eigenvalue weighted by Gasteiger charge is -2.30. The molecule has 0 aliphatic heterocycles. The lowest BCUT2D eigenvalue weighted by atomic mass is 10.0. The Kier molecular flexibility index (Phi) is 14.6. The maximum Gasteiger partial charge on any atom is 0.329 e. The van der Waals surface area contributed by atoms with E-state index in [1.54, 1.807) is 93.5 Å². The summed E-state index contributed by atoms with van der Waals surface area (Å²) in [6, 6.07) is 8.26. The van der Waals surface area contributed by atoms with Crippen LogP contribution in [0.5, 0.6) is 0 Å². The van der Waals surface area contributed by atoms with E-state index in [2.05, 4.69) is 15.3 Å². The Hall–Kier alpha value is -5.27. The van der Waals surface area contributed by atoms with Crippen molar-refractivity contribution in [3.63, 3.8) is 0 Å². The Labute approximate surface area is 329 Å². The van der Waals surface area contributed by atoms with Gasteiger partial charge in [0.2, 0.25) is 5.91 Å². The fraction of sp³-hybridized carbons (Fsp3) is 0.548. The molecule has 3 rings (SSSR count). The first kappa shape index (κ1) is 45.1. The zero-order chi connectivity index (χ0) is 42.3. The molecule has 2 amide bonds. The second kappa shape index (κ2) is 18.1. The van der Waals surface area contributed by atoms with Crippen molar-refractivity contribution in [2.45, 2.75) is 137 Å². The fourth-order valence-electron chi connectivity index (χ4n) is 5.80. The molecule has 306 valence electrons. The SMILES string of the molecule is Cc1nc2cc(C)c(CN(C)c3ccc(C(=O)N[C@@H](CCC(=O)N(C)[C@@H](CCC(=O)OC(C)(C)C)C(=O)OC(C)(C)C)C(=O)OC(C)(C)C)cc3)cc2c(=O)[nH]1. The molecule has 1 aromatic heterocycles. The second-order valence-electron chi connectivity index (χ2n) is 17.1. The molecule has 0 fully saturated rings. The number of esters is 3. The van der Waals surface area contributed by atoms with Gasteiger partial charge in [0, 0.05) is 44.7 Å². The third-order valence-corrected chi connectivity index (χ3v) is 8.48. The van der Waals surface area contributed by atoms with Crippen molar-refractivity contribution in [3.05, 3.63) is 69.3 Å². The largest absolute Gasteiger partial charge is 0.460 e. The molecule has 2 atom stereocenters. The molecule has 0 saturated carbocycles. The smallest absolute Gasteiger partial charge is 0.329 e. The Morgan fingerprint density at radius 2 is 1.36 bits per heavy atom. The van der Waals surface area contributed by atoms with Crippen molar-refractivity contribution in [2.75, 3.05) is 19.0 Å². The summed E-state index contributed by atoms with van der Waals surface area (Å²) in [6.07, 6.45) is -0.527. The van der Waals surface area contributed by atoms with Gasteiger partial charge >= 0.3 is 17.9 Å². The number of carbonyl (C=O) groups is 5. The first-order valence-corrected chi connectivity index (χ1v) is 18.8. The molecule has 0 aliphatic rings. The van der Waals surface area contributed by atoms with E-state index < -0.39 is 58.6 Å². The van der Waals surface area contributed by atoms with Crippen LogP contribution in [0.2, 0.25) is 0 Å². The zero-order valence-electron chi connectivity index (χ0n) is 35.2. The average Bonchev–Trinajstić information content (AvgIpc) is 3.04. The predicted octanol–water partition coefficient (Wildman–Crippen LogP) is 5.69. The number of aromatic amines is 1. The van der Waals surface area contributed by atoms with Crippen LogP contribution < -0.4 is 15.8 Å². The molecule has 0 bridgehead atoms. The van der Waals surface area contributed by atoms with Gasteiger partial charge in [-0.1, -0.05) is 0 Å². The van der Waals surface area contributed by atoms with Gasteiger partial charge in [0.05, 0.1) is 10.9 Å². The number of nitrogens with zero attached hydrogens (tertiary/aromatic N) is 3. The topological polar surface area (TPSA) is 177 Å². The van der Waals surface area contributed by atoms with Gasteiger partial charge in [0.15, 0.2) is 0 Å². The molecule has 0 spiro atoms. The number of fused-ring (bicyclic) bond motifs is 1. The van der Waals surface area contributed by atoms with Crippen LogP contribution >= 0.6 is 0 Å². The van der Waals surface area contributed by atoms with Gasteiger partial charge in [0.25, 0.3) is 11.5 Å². The second-order valence-corrected chi connectivity index (χ2v) is 17.1. The van der Waals surface area contributed by atoms with Crippen LogP contribution in [0.15, 0.2) is 41.2 Å². The standard InChI is InChI=1S/C42H59N5O9/c1-25-22-32-30(37(51)44-26(2)43-32)23-28(25)24-46(12)29-16-14-27(15-17-29)36(50)45-31(38(52)55-41(6,7)8)18-20-34(48)47(13)33(39(53)56-42(9,10)11)19-21-35(49)54-40(3,4)5/h14-17,22-23,31,33H,18-21,24H2,1-13H3,(H,45,50)(H,43,44,51)/t31-,33-/m0/s1. The summed E-state index contributed by atoms with van der Waals surface area (Å²) < 4.78 is 16.6. The Balaban J connectivity index is 1.75. The van der Waals surface area contributed by atoms with Gasteiger partial charge in [-0.25, -0.2) is 14.6 Å². The van der Waals surface area contributed by atoms with Crippen molar-refractivity contribution in [2.24, 2.45) is 0 Å². The number of aryl methyl sites for hydroxylation is 2. The van der Waals surface area contributed by atoms with E-state index in [-0.39, 0.29) is 36.8 Å². The molecule has 0 radical (unpaired) electrons. The molecule has 3 aromatic rings. The number of aromatic nitrogens is 2. The minimum absolute atomic E-state index is 0.0393. The third kappa shape index (κ3) is 13.8. The molecule has 0 unspecified atom stereocenters. The van der Waals surface area contributed by atoms with E-state index in [4.69, 9.17) is 14.2 Å². The van der Waals surface area contributed by atoms with Crippen LogP contribution in [-0.2, 0) is 39.9 Å². The summed E-state index contributed by atoms with van der Waals surface area (Å²) in [5, 5.41) is 3.23. The highest BCUT2D eigenvalue weighted by Crippen LogP contribution is 2.22. The van der Waals surface area contributed by atoms with Crippen LogP contribution in [0.25, 0.3) is 10.9 Å².